The van der Waals surface area contributed by atoms with Crippen molar-refractivity contribution in [3.05, 3.63) is 22.2 Å². The molecular weight excluding hydrogens is 289 g/mol. The Hall–Kier alpha value is -0.595. The Kier molecular flexibility index (Phi) is 4.06. The van der Waals surface area contributed by atoms with Crippen LogP contribution in [0.3, 0.4) is 0 Å². The number of hydrogen-bond donors (Lipinski definition) is 3. The number of nitrogens with two attached hydrogens (primary N) is 1. The van der Waals surface area contributed by atoms with Gasteiger partial charge in [0.2, 0.25) is 0 Å². The van der Waals surface area contributed by atoms with Gasteiger partial charge in [0, 0.05) is 11.0 Å². The average molecular weight is 302 g/mol. The Labute approximate surface area is 108 Å². The standard InChI is InChI=1S/C10H13BBrNO4/c12-8-4-6(16-2-1-14)3-7-10(8)9(5-13)17-11(7)15/h3-4,9,14-15H,1-2,5,13H2. The fourth-order valence-corrected chi connectivity index (χ4v) is 2.58. The Balaban J connectivity index is 2.34. The van der Waals surface area contributed by atoms with Gasteiger partial charge in [0.25, 0.3) is 0 Å². The maximum absolute atomic E-state index is 9.75. The van der Waals surface area contributed by atoms with Gasteiger partial charge in [0.15, 0.2) is 0 Å². The third kappa shape index (κ3) is 2.48. The maximum Gasteiger partial charge on any atom is 0.492 e. The van der Waals surface area contributed by atoms with Crippen molar-refractivity contribution in [2.45, 2.75) is 6.10 Å². The van der Waals surface area contributed by atoms with E-state index in [0.29, 0.717) is 17.8 Å². The lowest BCUT2D eigenvalue weighted by molar-refractivity contribution is 0.197. The molecule has 4 N–H and O–H groups in total. The quantitative estimate of drug-likeness (QED) is 0.655. The second kappa shape index (κ2) is 5.37. The van der Waals surface area contributed by atoms with Gasteiger partial charge in [-0.05, 0) is 23.2 Å². The fourth-order valence-electron chi connectivity index (χ4n) is 1.87. The summed E-state index contributed by atoms with van der Waals surface area (Å²) < 4.78 is 11.4. The highest BCUT2D eigenvalue weighted by molar-refractivity contribution is 9.10. The molecule has 1 unspecified atom stereocenters. The number of fused-ring (bicyclic) bond motifs is 1. The van der Waals surface area contributed by atoms with E-state index in [0.717, 1.165) is 10.0 Å². The van der Waals surface area contributed by atoms with Gasteiger partial charge in [0.1, 0.15) is 12.4 Å². The van der Waals surface area contributed by atoms with Crippen LogP contribution < -0.4 is 15.9 Å². The summed E-state index contributed by atoms with van der Waals surface area (Å²) >= 11 is 3.41. The van der Waals surface area contributed by atoms with E-state index in [2.05, 4.69) is 15.9 Å². The number of benzene rings is 1. The highest BCUT2D eigenvalue weighted by atomic mass is 79.9. The molecule has 92 valence electrons. The Bertz CT molecular complexity index is 418. The van der Waals surface area contributed by atoms with Gasteiger partial charge in [-0.2, -0.15) is 0 Å². The highest BCUT2D eigenvalue weighted by Crippen LogP contribution is 2.32. The number of ether oxygens (including phenoxy) is 1. The molecule has 0 aromatic heterocycles. The summed E-state index contributed by atoms with van der Waals surface area (Å²) in [7, 11) is -0.979. The summed E-state index contributed by atoms with van der Waals surface area (Å²) in [6.45, 7) is 0.460. The molecule has 0 bridgehead atoms. The van der Waals surface area contributed by atoms with Crippen LogP contribution in [-0.2, 0) is 4.65 Å². The highest BCUT2D eigenvalue weighted by Gasteiger charge is 2.36. The molecule has 0 radical (unpaired) electrons. The van der Waals surface area contributed by atoms with Gasteiger partial charge in [-0.1, -0.05) is 15.9 Å². The predicted octanol–water partition coefficient (Wildman–Crippen LogP) is -0.462. The summed E-state index contributed by atoms with van der Waals surface area (Å²) in [5.74, 6) is 0.574. The van der Waals surface area contributed by atoms with Crippen LogP contribution in [0, 0.1) is 0 Å². The Morgan fingerprint density at radius 3 is 2.94 bits per heavy atom. The van der Waals surface area contributed by atoms with Crippen molar-refractivity contribution in [1.29, 1.82) is 0 Å². The smallest absolute Gasteiger partial charge is 0.491 e. The van der Waals surface area contributed by atoms with Crippen LogP contribution in [-0.4, -0.2) is 37.0 Å². The topological polar surface area (TPSA) is 84.9 Å². The Morgan fingerprint density at radius 1 is 1.53 bits per heavy atom. The summed E-state index contributed by atoms with van der Waals surface area (Å²) in [6, 6.07) is 3.48. The molecule has 1 aromatic carbocycles. The van der Waals surface area contributed by atoms with Crippen LogP contribution in [0.15, 0.2) is 16.6 Å². The number of aliphatic hydroxyl groups is 1. The lowest BCUT2D eigenvalue weighted by atomic mass is 9.79. The monoisotopic (exact) mass is 301 g/mol. The summed E-state index contributed by atoms with van der Waals surface area (Å²) in [6.07, 6.45) is -0.304. The molecule has 2 rings (SSSR count). The van der Waals surface area contributed by atoms with Crippen LogP contribution in [0.4, 0.5) is 0 Å². The summed E-state index contributed by atoms with van der Waals surface area (Å²) in [4.78, 5) is 0. The van der Waals surface area contributed by atoms with Gasteiger partial charge in [-0.15, -0.1) is 0 Å². The third-order valence-corrected chi connectivity index (χ3v) is 3.25. The van der Waals surface area contributed by atoms with E-state index >= 15 is 0 Å². The molecule has 0 fully saturated rings. The lowest BCUT2D eigenvalue weighted by Gasteiger charge is -2.12. The van der Waals surface area contributed by atoms with Crippen LogP contribution in [0.2, 0.25) is 0 Å². The fraction of sp³-hybridized carbons (Fsp3) is 0.400. The minimum absolute atomic E-state index is 0.0564. The zero-order chi connectivity index (χ0) is 12.4. The molecule has 0 aliphatic carbocycles. The first-order valence-corrected chi connectivity index (χ1v) is 6.07. The molecule has 0 spiro atoms. The van der Waals surface area contributed by atoms with Crippen molar-refractivity contribution in [3.8, 4) is 5.75 Å². The van der Waals surface area contributed by atoms with E-state index in [4.69, 9.17) is 20.2 Å². The van der Waals surface area contributed by atoms with Crippen LogP contribution in [0.1, 0.15) is 11.7 Å². The van der Waals surface area contributed by atoms with Crippen molar-refractivity contribution < 1.29 is 19.5 Å². The zero-order valence-electron chi connectivity index (χ0n) is 9.10. The number of rotatable bonds is 4. The molecule has 0 saturated carbocycles. The van der Waals surface area contributed by atoms with E-state index in [1.54, 1.807) is 12.1 Å². The zero-order valence-corrected chi connectivity index (χ0v) is 10.7. The third-order valence-electron chi connectivity index (χ3n) is 2.59. The number of halogens is 1. The summed E-state index contributed by atoms with van der Waals surface area (Å²) in [5.41, 5.74) is 7.09. The van der Waals surface area contributed by atoms with Crippen LogP contribution >= 0.6 is 15.9 Å². The second-order valence-electron chi connectivity index (χ2n) is 3.69. The minimum Gasteiger partial charge on any atom is -0.491 e. The van der Waals surface area contributed by atoms with Crippen LogP contribution in [0.25, 0.3) is 0 Å². The molecule has 1 aliphatic heterocycles. The molecule has 1 heterocycles. The first-order valence-electron chi connectivity index (χ1n) is 5.28. The SMILES string of the molecule is NCC1OB(O)c2cc(OCCO)cc(Br)c21. The van der Waals surface area contributed by atoms with E-state index < -0.39 is 7.12 Å². The van der Waals surface area contributed by atoms with Crippen molar-refractivity contribution in [2.75, 3.05) is 19.8 Å². The first-order chi connectivity index (χ1) is 8.17. The minimum atomic E-state index is -0.979. The molecule has 0 amide bonds. The van der Waals surface area contributed by atoms with E-state index in [-0.39, 0.29) is 19.3 Å². The lowest BCUT2D eigenvalue weighted by Crippen LogP contribution is -2.28. The van der Waals surface area contributed by atoms with Gasteiger partial charge < -0.3 is 25.3 Å². The van der Waals surface area contributed by atoms with Gasteiger partial charge in [-0.3, -0.25) is 0 Å². The molecule has 1 atom stereocenters. The largest absolute Gasteiger partial charge is 0.492 e. The first kappa shape index (κ1) is 12.9. The van der Waals surface area contributed by atoms with Crippen molar-refractivity contribution in [2.24, 2.45) is 5.73 Å². The molecule has 1 aliphatic rings. The Morgan fingerprint density at radius 2 is 2.29 bits per heavy atom. The average Bonchev–Trinajstić information content (AvgIpc) is 2.64. The van der Waals surface area contributed by atoms with E-state index in [1.165, 1.54) is 0 Å². The molecular formula is C10H13BBrNO4. The number of hydrogen-bond acceptors (Lipinski definition) is 5. The van der Waals surface area contributed by atoms with Crippen molar-refractivity contribution >= 4 is 28.5 Å². The maximum atomic E-state index is 9.75. The molecule has 1 aromatic rings. The van der Waals surface area contributed by atoms with E-state index in [1.807, 2.05) is 0 Å². The van der Waals surface area contributed by atoms with Crippen LogP contribution in [0.5, 0.6) is 5.75 Å². The van der Waals surface area contributed by atoms with Gasteiger partial charge in [0.05, 0.1) is 12.7 Å². The number of aliphatic hydroxyl groups excluding tert-OH is 1. The molecule has 0 saturated heterocycles. The van der Waals surface area contributed by atoms with Crippen molar-refractivity contribution in [3.63, 3.8) is 0 Å². The van der Waals surface area contributed by atoms with Gasteiger partial charge >= 0.3 is 7.12 Å². The van der Waals surface area contributed by atoms with Gasteiger partial charge in [-0.25, -0.2) is 0 Å². The molecule has 17 heavy (non-hydrogen) atoms. The van der Waals surface area contributed by atoms with E-state index in [9.17, 15) is 5.02 Å². The molecule has 7 heteroatoms. The summed E-state index contributed by atoms with van der Waals surface area (Å²) in [5, 5.41) is 18.4. The van der Waals surface area contributed by atoms with Crippen molar-refractivity contribution in [1.82, 2.24) is 0 Å². The molecule has 5 nitrogen and oxygen atoms in total. The normalized spacial score (nSPS) is 18.4. The second-order valence-corrected chi connectivity index (χ2v) is 4.55. The predicted molar refractivity (Wildman–Crippen MR) is 67.2 cm³/mol.